The minimum Gasteiger partial charge on any atom is -0.224 e. The van der Waals surface area contributed by atoms with E-state index in [1.165, 1.54) is 0 Å². The van der Waals surface area contributed by atoms with Crippen molar-refractivity contribution in [3.05, 3.63) is 69.8 Å². The van der Waals surface area contributed by atoms with Crippen LogP contribution in [-0.2, 0) is 11.4 Å². The molecule has 0 aromatic heterocycles. The van der Waals surface area contributed by atoms with Gasteiger partial charge in [0.1, 0.15) is 0 Å². The minimum absolute atomic E-state index is 0.835. The van der Waals surface area contributed by atoms with Gasteiger partial charge in [-0.05, 0) is 140 Å². The number of sulfone groups is 1. The fourth-order valence-corrected chi connectivity index (χ4v) is 15.5. The Bertz CT molecular complexity index is 849. The van der Waals surface area contributed by atoms with Gasteiger partial charge in [-0.2, -0.15) is 0 Å². The summed E-state index contributed by atoms with van der Waals surface area (Å²) in [6, 6.07) is 11.9. The molecule has 0 unspecified atom stereocenters. The van der Waals surface area contributed by atoms with Crippen molar-refractivity contribution in [3.8, 4) is 0 Å². The number of rotatable bonds is 4. The van der Waals surface area contributed by atoms with Gasteiger partial charge in [0.05, 0.1) is 0 Å². The van der Waals surface area contributed by atoms with Crippen molar-refractivity contribution in [2.75, 3.05) is 0 Å². The summed E-state index contributed by atoms with van der Waals surface area (Å²) in [5.41, 5.74) is 5.93. The van der Waals surface area contributed by atoms with Crippen LogP contribution in [0.3, 0.4) is 0 Å². The first-order chi connectivity index (χ1) is 11.3. The summed E-state index contributed by atoms with van der Waals surface area (Å²) < 4.78 is 25.3. The third-order valence-corrected chi connectivity index (χ3v) is 15.1. The first-order valence-corrected chi connectivity index (χ1v) is 13.3. The number of hydrogen-bond acceptors (Lipinski definition) is 2. The smallest absolute Gasteiger partial charge is 0.207 e. The first-order valence-electron chi connectivity index (χ1n) is 7.47. The Balaban J connectivity index is 2.66. The van der Waals surface area contributed by atoms with Crippen molar-refractivity contribution in [3.63, 3.8) is 0 Å². The lowest BCUT2D eigenvalue weighted by atomic mass is 10.1. The molecular formula is C18H18I4O2S. The number of aryl methyl sites for hydroxylation is 4. The van der Waals surface area contributed by atoms with Gasteiger partial charge in [-0.25, -0.2) is 8.42 Å². The molecule has 0 spiro atoms. The van der Waals surface area contributed by atoms with Crippen molar-refractivity contribution in [2.24, 2.45) is 0 Å². The molecule has 0 saturated heterocycles. The number of hydrogen-bond donors (Lipinski definition) is 0. The summed E-state index contributed by atoms with van der Waals surface area (Å²) in [6.45, 7) is 7.99. The van der Waals surface area contributed by atoms with Crippen LogP contribution in [0.2, 0.25) is 0 Å². The Hall–Kier alpha value is 1.31. The fourth-order valence-electron chi connectivity index (χ4n) is 2.73. The topological polar surface area (TPSA) is 34.1 Å². The summed E-state index contributed by atoms with van der Waals surface area (Å²) in [4.78, 5) is 0. The van der Waals surface area contributed by atoms with E-state index in [-0.39, 0.29) is 0 Å². The summed E-state index contributed by atoms with van der Waals surface area (Å²) >= 11 is 8.32. The van der Waals surface area contributed by atoms with E-state index < -0.39 is 11.4 Å². The zero-order valence-electron chi connectivity index (χ0n) is 14.2. The molecule has 0 heterocycles. The number of benzene rings is 2. The Kier molecular flexibility index (Phi) is 7.21. The van der Waals surface area contributed by atoms with Gasteiger partial charge < -0.3 is 0 Å². The Labute approximate surface area is 204 Å². The lowest BCUT2D eigenvalue weighted by molar-refractivity contribution is 0.592. The average Bonchev–Trinajstić information content (AvgIpc) is 2.45. The van der Waals surface area contributed by atoms with Gasteiger partial charge in [0.2, 0.25) is 11.4 Å². The van der Waals surface area contributed by atoms with E-state index in [1.807, 2.05) is 64.1 Å². The monoisotopic (exact) mass is 806 g/mol. The number of halogens is 4. The third-order valence-electron chi connectivity index (χ3n) is 4.07. The quantitative estimate of drug-likeness (QED) is 0.247. The normalized spacial score (nSPS) is 13.1. The summed E-state index contributed by atoms with van der Waals surface area (Å²) in [5, 5.41) is 0. The van der Waals surface area contributed by atoms with E-state index in [0.29, 0.717) is 0 Å². The maximum absolute atomic E-state index is 13.7. The summed E-state index contributed by atoms with van der Waals surface area (Å²) in [5.74, 6) is 0. The van der Waals surface area contributed by atoms with E-state index in [1.54, 1.807) is 0 Å². The zero-order chi connectivity index (χ0) is 19.2. The summed E-state index contributed by atoms with van der Waals surface area (Å²) in [7, 11) is -3.57. The third kappa shape index (κ3) is 4.19. The summed E-state index contributed by atoms with van der Waals surface area (Å²) in [6.07, 6.45) is 0. The molecular weight excluding hydrogens is 788 g/mol. The highest BCUT2D eigenvalue weighted by Gasteiger charge is 2.54. The SMILES string of the molecule is Cc1ccc(C(I)(I)S(=O)(=O)C(I)(I)c2ccc(C)cc2C)c(C)c1. The van der Waals surface area contributed by atoms with Crippen molar-refractivity contribution < 1.29 is 8.42 Å². The maximum Gasteiger partial charge on any atom is 0.207 e. The van der Waals surface area contributed by atoms with Crippen molar-refractivity contribution >= 4 is 100 Å². The van der Waals surface area contributed by atoms with E-state index in [4.69, 9.17) is 0 Å². The van der Waals surface area contributed by atoms with Gasteiger partial charge in [-0.1, -0.05) is 47.5 Å². The van der Waals surface area contributed by atoms with Gasteiger partial charge in [0, 0.05) is 0 Å². The first kappa shape index (κ1) is 22.6. The van der Waals surface area contributed by atoms with Crippen LogP contribution in [0.1, 0.15) is 33.4 Å². The molecule has 0 amide bonds. The molecule has 0 aliphatic carbocycles. The van der Waals surface area contributed by atoms with Crippen LogP contribution in [0.4, 0.5) is 0 Å². The molecule has 0 bridgehead atoms. The molecule has 0 aliphatic rings. The number of alkyl halides is 4. The second-order valence-corrected chi connectivity index (χ2v) is 21.9. The molecule has 136 valence electrons. The van der Waals surface area contributed by atoms with E-state index in [9.17, 15) is 8.42 Å². The standard InChI is InChI=1S/C18H18I4O2S/c1-11-5-7-15(13(3)9-11)17(19,20)25(23,24)18(21,22)16-8-6-12(2)10-14(16)4/h5-10H,1-4H3. The molecule has 2 nitrogen and oxygen atoms in total. The highest BCUT2D eigenvalue weighted by molar-refractivity contribution is 14.2. The Morgan fingerprint density at radius 3 is 1.28 bits per heavy atom. The second kappa shape index (κ2) is 7.97. The molecule has 2 rings (SSSR count). The predicted molar refractivity (Wildman–Crippen MR) is 140 cm³/mol. The molecule has 2 aromatic rings. The van der Waals surface area contributed by atoms with Crippen LogP contribution in [-0.4, -0.2) is 8.42 Å². The molecule has 0 fully saturated rings. The molecule has 0 N–H and O–H groups in total. The molecule has 7 heteroatoms. The fraction of sp³-hybridized carbons (Fsp3) is 0.333. The zero-order valence-corrected chi connectivity index (χ0v) is 23.6. The van der Waals surface area contributed by atoms with Crippen molar-refractivity contribution in [1.29, 1.82) is 0 Å². The molecule has 0 atom stereocenters. The second-order valence-electron chi connectivity index (χ2n) is 6.17. The van der Waals surface area contributed by atoms with E-state index >= 15 is 0 Å². The molecule has 0 saturated carbocycles. The molecule has 0 aliphatic heterocycles. The van der Waals surface area contributed by atoms with Crippen molar-refractivity contribution in [1.82, 2.24) is 0 Å². The maximum atomic E-state index is 13.7. The van der Waals surface area contributed by atoms with Crippen LogP contribution < -0.4 is 0 Å². The predicted octanol–water partition coefficient (Wildman–Crippen LogP) is 7.00. The van der Waals surface area contributed by atoms with Gasteiger partial charge in [-0.3, -0.25) is 0 Å². The van der Waals surface area contributed by atoms with Crippen LogP contribution in [0.25, 0.3) is 0 Å². The highest BCUT2D eigenvalue weighted by atomic mass is 127. The largest absolute Gasteiger partial charge is 0.224 e. The molecule has 2 aromatic carbocycles. The van der Waals surface area contributed by atoms with Crippen LogP contribution in [0, 0.1) is 27.7 Å². The van der Waals surface area contributed by atoms with Gasteiger partial charge in [0.25, 0.3) is 0 Å². The van der Waals surface area contributed by atoms with Crippen molar-refractivity contribution in [2.45, 2.75) is 29.2 Å². The van der Waals surface area contributed by atoms with Gasteiger partial charge in [-0.15, -0.1) is 0 Å². The van der Waals surface area contributed by atoms with Gasteiger partial charge >= 0.3 is 0 Å². The van der Waals surface area contributed by atoms with Crippen LogP contribution in [0.5, 0.6) is 0 Å². The lowest BCUT2D eigenvalue weighted by Gasteiger charge is -2.32. The average molecular weight is 806 g/mol. The molecule has 0 radical (unpaired) electrons. The Morgan fingerprint density at radius 2 is 1.00 bits per heavy atom. The minimum atomic E-state index is -3.57. The lowest BCUT2D eigenvalue weighted by Crippen LogP contribution is -2.35. The highest BCUT2D eigenvalue weighted by Crippen LogP contribution is 2.58. The molecule has 25 heavy (non-hydrogen) atoms. The van der Waals surface area contributed by atoms with Crippen LogP contribution in [0.15, 0.2) is 36.4 Å². The van der Waals surface area contributed by atoms with E-state index in [2.05, 4.69) is 90.4 Å². The Morgan fingerprint density at radius 1 is 0.680 bits per heavy atom. The van der Waals surface area contributed by atoms with Gasteiger partial charge in [0.15, 0.2) is 0 Å². The van der Waals surface area contributed by atoms with E-state index in [0.717, 1.165) is 33.4 Å². The van der Waals surface area contributed by atoms with Crippen LogP contribution >= 0.6 is 90.4 Å².